The van der Waals surface area contributed by atoms with Crippen molar-refractivity contribution < 1.29 is 9.90 Å². The molecular weight excluding hydrogens is 260 g/mol. The minimum absolute atomic E-state index is 0.0763. The third-order valence-electron chi connectivity index (χ3n) is 7.74. The maximum atomic E-state index is 12.4. The molecule has 116 valence electrons. The number of hydrogen-bond donors (Lipinski definition) is 1. The van der Waals surface area contributed by atoms with Crippen LogP contribution in [0.2, 0.25) is 0 Å². The number of aliphatic hydroxyl groups excluding tert-OH is 1. The Morgan fingerprint density at radius 3 is 2.71 bits per heavy atom. The Morgan fingerprint density at radius 1 is 1.14 bits per heavy atom. The highest BCUT2D eigenvalue weighted by molar-refractivity contribution is 5.87. The van der Waals surface area contributed by atoms with Crippen LogP contribution in [-0.4, -0.2) is 17.0 Å². The number of fused-ring (bicyclic) bond motifs is 5. The normalized spacial score (nSPS) is 52.7. The van der Waals surface area contributed by atoms with Crippen LogP contribution in [0, 0.1) is 28.6 Å². The number of rotatable bonds is 0. The van der Waals surface area contributed by atoms with E-state index in [0.717, 1.165) is 32.1 Å². The van der Waals surface area contributed by atoms with Gasteiger partial charge in [0, 0.05) is 11.8 Å². The molecule has 2 heteroatoms. The van der Waals surface area contributed by atoms with Gasteiger partial charge in [-0.2, -0.15) is 0 Å². The fourth-order valence-electron chi connectivity index (χ4n) is 6.58. The minimum atomic E-state index is -0.255. The molecule has 0 aromatic rings. The molecule has 5 unspecified atom stereocenters. The number of allylic oxidation sites excluding steroid dienone is 1. The third-order valence-corrected chi connectivity index (χ3v) is 7.74. The molecule has 3 saturated carbocycles. The van der Waals surface area contributed by atoms with Crippen LogP contribution in [-0.2, 0) is 4.79 Å². The predicted octanol–water partition coefficient (Wildman–Crippen LogP) is 3.88. The lowest BCUT2D eigenvalue weighted by Crippen LogP contribution is -2.53. The van der Waals surface area contributed by atoms with E-state index in [9.17, 15) is 9.90 Å². The molecule has 0 aromatic heterocycles. The second-order valence-electron chi connectivity index (χ2n) is 8.52. The molecule has 0 bridgehead atoms. The molecular formula is C19H28O2. The average Bonchev–Trinajstić information content (AvgIpc) is 2.75. The Labute approximate surface area is 128 Å². The van der Waals surface area contributed by atoms with E-state index in [1.54, 1.807) is 0 Å². The van der Waals surface area contributed by atoms with Gasteiger partial charge < -0.3 is 5.11 Å². The lowest BCUT2D eigenvalue weighted by atomic mass is 9.47. The second kappa shape index (κ2) is 4.44. The van der Waals surface area contributed by atoms with Gasteiger partial charge in [-0.25, -0.2) is 0 Å². The molecule has 4 aliphatic carbocycles. The SMILES string of the molecule is CC12CCC3C(C[C@H](O)C4=CCCCC43C)C1CCC2=O. The van der Waals surface area contributed by atoms with Crippen LogP contribution in [0.1, 0.15) is 65.2 Å². The number of ketones is 1. The first kappa shape index (κ1) is 14.0. The van der Waals surface area contributed by atoms with Gasteiger partial charge in [0.2, 0.25) is 0 Å². The van der Waals surface area contributed by atoms with Crippen LogP contribution < -0.4 is 0 Å². The Kier molecular flexibility index (Phi) is 2.96. The first-order valence-electron chi connectivity index (χ1n) is 8.89. The molecule has 0 amide bonds. The monoisotopic (exact) mass is 288 g/mol. The maximum absolute atomic E-state index is 12.4. The molecule has 21 heavy (non-hydrogen) atoms. The van der Waals surface area contributed by atoms with E-state index in [0.29, 0.717) is 23.5 Å². The van der Waals surface area contributed by atoms with Gasteiger partial charge in [0.15, 0.2) is 0 Å². The summed E-state index contributed by atoms with van der Waals surface area (Å²) >= 11 is 0. The van der Waals surface area contributed by atoms with Crippen molar-refractivity contribution in [2.75, 3.05) is 0 Å². The number of hydrogen-bond acceptors (Lipinski definition) is 2. The van der Waals surface area contributed by atoms with Crippen molar-refractivity contribution in [2.24, 2.45) is 28.6 Å². The number of carbonyl (C=O) groups is 1. The summed E-state index contributed by atoms with van der Waals surface area (Å²) in [6.45, 7) is 4.61. The number of Topliss-reactive ketones (excluding diaryl/α,β-unsaturated/α-hetero) is 1. The van der Waals surface area contributed by atoms with Crippen molar-refractivity contribution in [3.05, 3.63) is 11.6 Å². The molecule has 4 aliphatic rings. The van der Waals surface area contributed by atoms with Crippen LogP contribution in [0.3, 0.4) is 0 Å². The summed E-state index contributed by atoms with van der Waals surface area (Å²) in [7, 11) is 0. The molecule has 0 saturated heterocycles. The zero-order chi connectivity index (χ0) is 14.8. The summed E-state index contributed by atoms with van der Waals surface area (Å²) < 4.78 is 0. The van der Waals surface area contributed by atoms with Crippen LogP contribution >= 0.6 is 0 Å². The molecule has 6 atom stereocenters. The Morgan fingerprint density at radius 2 is 1.90 bits per heavy atom. The summed E-state index contributed by atoms with van der Waals surface area (Å²) in [5, 5.41) is 10.7. The molecule has 0 aliphatic heterocycles. The lowest BCUT2D eigenvalue weighted by molar-refractivity contribution is -0.134. The fourth-order valence-corrected chi connectivity index (χ4v) is 6.58. The highest BCUT2D eigenvalue weighted by Gasteiger charge is 2.60. The van der Waals surface area contributed by atoms with E-state index in [4.69, 9.17) is 0 Å². The van der Waals surface area contributed by atoms with E-state index < -0.39 is 0 Å². The minimum Gasteiger partial charge on any atom is -0.389 e. The summed E-state index contributed by atoms with van der Waals surface area (Å²) in [5.41, 5.74) is 1.46. The quantitative estimate of drug-likeness (QED) is 0.687. The van der Waals surface area contributed by atoms with Gasteiger partial charge >= 0.3 is 0 Å². The first-order valence-corrected chi connectivity index (χ1v) is 8.89. The average molecular weight is 288 g/mol. The Balaban J connectivity index is 1.73. The highest BCUT2D eigenvalue weighted by Crippen LogP contribution is 2.64. The van der Waals surface area contributed by atoms with Crippen molar-refractivity contribution in [3.8, 4) is 0 Å². The topological polar surface area (TPSA) is 37.3 Å². The Hall–Kier alpha value is -0.630. The molecule has 0 heterocycles. The van der Waals surface area contributed by atoms with Crippen LogP contribution in [0.15, 0.2) is 11.6 Å². The van der Waals surface area contributed by atoms with Crippen molar-refractivity contribution in [1.29, 1.82) is 0 Å². The van der Waals surface area contributed by atoms with Crippen molar-refractivity contribution in [3.63, 3.8) is 0 Å². The number of carbonyl (C=O) groups excluding carboxylic acids is 1. The van der Waals surface area contributed by atoms with Crippen molar-refractivity contribution in [1.82, 2.24) is 0 Å². The fraction of sp³-hybridized carbons (Fsp3) is 0.842. The smallest absolute Gasteiger partial charge is 0.139 e. The summed E-state index contributed by atoms with van der Waals surface area (Å²) in [6, 6.07) is 0. The molecule has 2 nitrogen and oxygen atoms in total. The van der Waals surface area contributed by atoms with Crippen LogP contribution in [0.25, 0.3) is 0 Å². The van der Waals surface area contributed by atoms with Crippen molar-refractivity contribution >= 4 is 5.78 Å². The lowest BCUT2D eigenvalue weighted by Gasteiger charge is -2.58. The van der Waals surface area contributed by atoms with Crippen molar-refractivity contribution in [2.45, 2.75) is 71.3 Å². The largest absolute Gasteiger partial charge is 0.389 e. The zero-order valence-electron chi connectivity index (χ0n) is 13.4. The standard InChI is InChI=1S/C19H28O2/c1-18-9-4-3-5-15(18)16(20)11-12-13-6-7-17(21)19(13,2)10-8-14(12)18/h5,12-14,16,20H,3-4,6-11H2,1-2H3/t12?,13?,14?,16-,18?,19?/m0/s1. The third kappa shape index (κ3) is 1.72. The first-order chi connectivity index (χ1) is 9.97. The summed E-state index contributed by atoms with van der Waals surface area (Å²) in [6.07, 6.45) is 10.7. The molecule has 1 N–H and O–H groups in total. The summed E-state index contributed by atoms with van der Waals surface area (Å²) in [5.74, 6) is 2.27. The molecule has 0 aromatic carbocycles. The van der Waals surface area contributed by atoms with E-state index in [1.807, 2.05) is 0 Å². The Bertz CT molecular complexity index is 508. The zero-order valence-corrected chi connectivity index (χ0v) is 13.4. The summed E-state index contributed by atoms with van der Waals surface area (Å²) in [4.78, 5) is 12.4. The number of aliphatic hydroxyl groups is 1. The molecule has 4 rings (SSSR count). The van der Waals surface area contributed by atoms with E-state index >= 15 is 0 Å². The van der Waals surface area contributed by atoms with Gasteiger partial charge in [-0.3, -0.25) is 4.79 Å². The highest BCUT2D eigenvalue weighted by atomic mass is 16.3. The molecule has 3 fully saturated rings. The van der Waals surface area contributed by atoms with Gasteiger partial charge in [-0.1, -0.05) is 19.9 Å². The van der Waals surface area contributed by atoms with Gasteiger partial charge in [-0.15, -0.1) is 0 Å². The van der Waals surface area contributed by atoms with Gasteiger partial charge in [0.05, 0.1) is 6.10 Å². The molecule has 0 radical (unpaired) electrons. The van der Waals surface area contributed by atoms with E-state index in [-0.39, 0.29) is 16.9 Å². The maximum Gasteiger partial charge on any atom is 0.139 e. The molecule has 0 spiro atoms. The van der Waals surface area contributed by atoms with Gasteiger partial charge in [0.1, 0.15) is 5.78 Å². The van der Waals surface area contributed by atoms with Gasteiger partial charge in [-0.05, 0) is 73.7 Å². The van der Waals surface area contributed by atoms with Gasteiger partial charge in [0.25, 0.3) is 0 Å². The second-order valence-corrected chi connectivity index (χ2v) is 8.52. The van der Waals surface area contributed by atoms with Crippen LogP contribution in [0.5, 0.6) is 0 Å². The predicted molar refractivity (Wildman–Crippen MR) is 82.7 cm³/mol. The van der Waals surface area contributed by atoms with Crippen LogP contribution in [0.4, 0.5) is 0 Å². The van der Waals surface area contributed by atoms with E-state index in [1.165, 1.54) is 24.8 Å². The van der Waals surface area contributed by atoms with E-state index in [2.05, 4.69) is 19.9 Å².